The number of ether oxygens (including phenoxy) is 1. The lowest BCUT2D eigenvalue weighted by atomic mass is 10.1. The Morgan fingerprint density at radius 3 is 2.17 bits per heavy atom. The Hall–Kier alpha value is -0.770. The molecular weight excluding hydrogens is 182 g/mol. The van der Waals surface area contributed by atoms with Crippen molar-refractivity contribution in [2.75, 3.05) is 7.11 Å². The molecule has 1 atom stereocenters. The summed E-state index contributed by atoms with van der Waals surface area (Å²) in [5.41, 5.74) is 0. The number of nitrogens with one attached hydrogen (secondary N) is 1. The van der Waals surface area contributed by atoms with Gasteiger partial charge in [0.15, 0.2) is 0 Å². The van der Waals surface area contributed by atoms with Crippen LogP contribution in [-0.4, -0.2) is 24.5 Å². The molecule has 1 N–H and O–H groups in total. The Labute approximate surface area is 76.2 Å². The second-order valence-corrected chi connectivity index (χ2v) is 3.01. The lowest BCUT2D eigenvalue weighted by Crippen LogP contribution is -2.42. The summed E-state index contributed by atoms with van der Waals surface area (Å²) in [4.78, 5) is 21.4. The molecule has 0 unspecified atom stereocenters. The van der Waals surface area contributed by atoms with Crippen molar-refractivity contribution < 1.29 is 14.3 Å². The van der Waals surface area contributed by atoms with Crippen molar-refractivity contribution in [2.45, 2.75) is 19.9 Å². The van der Waals surface area contributed by atoms with Gasteiger partial charge in [-0.15, -0.1) is 0 Å². The van der Waals surface area contributed by atoms with Gasteiger partial charge in [0.05, 0.1) is 7.11 Å². The molecule has 12 heavy (non-hydrogen) atoms. The molecule has 0 aliphatic rings. The van der Waals surface area contributed by atoms with Gasteiger partial charge in [-0.3, -0.25) is 4.79 Å². The summed E-state index contributed by atoms with van der Waals surface area (Å²) in [6.45, 7) is 3.57. The van der Waals surface area contributed by atoms with E-state index in [9.17, 15) is 9.59 Å². The molecular formula is C7H12ClNO3. The Balaban J connectivity index is 4.23. The van der Waals surface area contributed by atoms with Crippen molar-refractivity contribution in [3.8, 4) is 0 Å². The number of amides is 1. The van der Waals surface area contributed by atoms with Crippen molar-refractivity contribution in [2.24, 2.45) is 5.92 Å². The van der Waals surface area contributed by atoms with Crippen LogP contribution in [-0.2, 0) is 9.53 Å². The van der Waals surface area contributed by atoms with Gasteiger partial charge in [0, 0.05) is 0 Å². The Bertz CT molecular complexity index is 181. The van der Waals surface area contributed by atoms with Crippen molar-refractivity contribution in [1.82, 2.24) is 5.32 Å². The maximum atomic E-state index is 11.0. The molecule has 0 aliphatic carbocycles. The van der Waals surface area contributed by atoms with Crippen molar-refractivity contribution in [3.05, 3.63) is 0 Å². The summed E-state index contributed by atoms with van der Waals surface area (Å²) in [6, 6.07) is -0.667. The first-order chi connectivity index (χ1) is 5.49. The van der Waals surface area contributed by atoms with Crippen molar-refractivity contribution >= 4 is 22.9 Å². The number of hydrogen-bond donors (Lipinski definition) is 1. The average Bonchev–Trinajstić information content (AvgIpc) is 1.98. The van der Waals surface area contributed by atoms with Crippen LogP contribution in [0.3, 0.4) is 0 Å². The minimum absolute atomic E-state index is 0.0415. The molecule has 0 bridgehead atoms. The van der Waals surface area contributed by atoms with E-state index in [4.69, 9.17) is 11.6 Å². The maximum Gasteiger partial charge on any atom is 0.328 e. The van der Waals surface area contributed by atoms with E-state index >= 15 is 0 Å². The summed E-state index contributed by atoms with van der Waals surface area (Å²) >= 11 is 5.06. The first kappa shape index (κ1) is 11.2. The summed E-state index contributed by atoms with van der Waals surface area (Å²) in [5.74, 6) is -0.529. The van der Waals surface area contributed by atoms with E-state index in [1.165, 1.54) is 7.11 Å². The van der Waals surface area contributed by atoms with Gasteiger partial charge in [-0.2, -0.15) is 0 Å². The highest BCUT2D eigenvalue weighted by Crippen LogP contribution is 2.03. The van der Waals surface area contributed by atoms with E-state index in [0.29, 0.717) is 0 Å². The second-order valence-electron chi connectivity index (χ2n) is 2.66. The largest absolute Gasteiger partial charge is 0.467 e. The number of esters is 1. The zero-order valence-corrected chi connectivity index (χ0v) is 8.01. The van der Waals surface area contributed by atoms with E-state index < -0.39 is 17.4 Å². The third-order valence-corrected chi connectivity index (χ3v) is 1.50. The van der Waals surface area contributed by atoms with Crippen LogP contribution in [0.4, 0.5) is 4.79 Å². The lowest BCUT2D eigenvalue weighted by molar-refractivity contribution is -0.143. The summed E-state index contributed by atoms with van der Waals surface area (Å²) in [5, 5.41) is 1.53. The molecule has 0 spiro atoms. The number of rotatable bonds is 3. The van der Waals surface area contributed by atoms with E-state index in [2.05, 4.69) is 10.1 Å². The van der Waals surface area contributed by atoms with Crippen LogP contribution in [0.2, 0.25) is 0 Å². The van der Waals surface area contributed by atoms with Crippen LogP contribution in [0.25, 0.3) is 0 Å². The first-order valence-electron chi connectivity index (χ1n) is 3.52. The molecule has 0 rings (SSSR count). The number of halogens is 1. The van der Waals surface area contributed by atoms with Crippen LogP contribution in [0.1, 0.15) is 13.8 Å². The van der Waals surface area contributed by atoms with E-state index in [0.717, 1.165) is 0 Å². The topological polar surface area (TPSA) is 55.4 Å². The Morgan fingerprint density at radius 2 is 1.92 bits per heavy atom. The van der Waals surface area contributed by atoms with Crippen LogP contribution in [0, 0.1) is 5.92 Å². The first-order valence-corrected chi connectivity index (χ1v) is 3.90. The molecule has 0 saturated carbocycles. The number of hydrogen-bond acceptors (Lipinski definition) is 3. The molecule has 5 heteroatoms. The summed E-state index contributed by atoms with van der Waals surface area (Å²) in [6.07, 6.45) is 0. The normalized spacial score (nSPS) is 12.4. The minimum atomic E-state index is -0.751. The highest BCUT2D eigenvalue weighted by Gasteiger charge is 2.23. The van der Waals surface area contributed by atoms with Gasteiger partial charge in [0.1, 0.15) is 6.04 Å². The maximum absolute atomic E-state index is 11.0. The minimum Gasteiger partial charge on any atom is -0.467 e. The fourth-order valence-corrected chi connectivity index (χ4v) is 0.865. The van der Waals surface area contributed by atoms with Crippen LogP contribution >= 0.6 is 11.6 Å². The molecule has 0 saturated heterocycles. The van der Waals surface area contributed by atoms with Gasteiger partial charge in [-0.25, -0.2) is 4.79 Å². The summed E-state index contributed by atoms with van der Waals surface area (Å²) in [7, 11) is 1.26. The van der Waals surface area contributed by atoms with Crippen molar-refractivity contribution in [1.29, 1.82) is 0 Å². The smallest absolute Gasteiger partial charge is 0.328 e. The van der Waals surface area contributed by atoms with E-state index in [1.807, 2.05) is 0 Å². The van der Waals surface area contributed by atoms with Gasteiger partial charge < -0.3 is 10.1 Å². The zero-order chi connectivity index (χ0) is 9.72. The SMILES string of the molecule is COC(=O)[C@@H](NC(=O)Cl)C(C)C. The molecule has 1 amide bonds. The molecule has 0 aliphatic heterocycles. The molecule has 0 fully saturated rings. The monoisotopic (exact) mass is 193 g/mol. The predicted molar refractivity (Wildman–Crippen MR) is 45.0 cm³/mol. The standard InChI is InChI=1S/C7H12ClNO3/c1-4(2)5(6(10)12-3)9-7(8)11/h4-5H,1-3H3,(H,9,11)/t5-/m0/s1. The highest BCUT2D eigenvalue weighted by atomic mass is 35.5. The van der Waals surface area contributed by atoms with Gasteiger partial charge in [0.25, 0.3) is 0 Å². The molecule has 0 aromatic heterocycles. The fraction of sp³-hybridized carbons (Fsp3) is 0.714. The quantitative estimate of drug-likeness (QED) is 0.415. The molecule has 0 aromatic rings. The third-order valence-electron chi connectivity index (χ3n) is 1.39. The molecule has 0 radical (unpaired) electrons. The molecule has 0 heterocycles. The zero-order valence-electron chi connectivity index (χ0n) is 7.26. The number of carbonyl (C=O) groups is 2. The number of methoxy groups -OCH3 is 1. The lowest BCUT2D eigenvalue weighted by Gasteiger charge is -2.17. The Kier molecular flexibility index (Phi) is 4.66. The van der Waals surface area contributed by atoms with Gasteiger partial charge in [0.2, 0.25) is 0 Å². The molecule has 0 aromatic carbocycles. The van der Waals surface area contributed by atoms with E-state index in [1.54, 1.807) is 13.8 Å². The Morgan fingerprint density at radius 1 is 1.42 bits per heavy atom. The fourth-order valence-electron chi connectivity index (χ4n) is 0.747. The highest BCUT2D eigenvalue weighted by molar-refractivity contribution is 6.63. The predicted octanol–water partition coefficient (Wildman–Crippen LogP) is 1.13. The molecule has 70 valence electrons. The average molecular weight is 194 g/mol. The second kappa shape index (κ2) is 4.98. The molecule has 4 nitrogen and oxygen atoms in total. The summed E-state index contributed by atoms with van der Waals surface area (Å²) < 4.78 is 4.46. The van der Waals surface area contributed by atoms with Gasteiger partial charge >= 0.3 is 11.3 Å². The van der Waals surface area contributed by atoms with E-state index in [-0.39, 0.29) is 5.92 Å². The van der Waals surface area contributed by atoms with Crippen LogP contribution < -0.4 is 5.32 Å². The third kappa shape index (κ3) is 3.57. The van der Waals surface area contributed by atoms with Crippen LogP contribution in [0.15, 0.2) is 0 Å². The van der Waals surface area contributed by atoms with Gasteiger partial charge in [-0.1, -0.05) is 13.8 Å². The van der Waals surface area contributed by atoms with Crippen LogP contribution in [0.5, 0.6) is 0 Å². The number of carbonyl (C=O) groups excluding carboxylic acids is 2. The van der Waals surface area contributed by atoms with Gasteiger partial charge in [-0.05, 0) is 17.5 Å². The van der Waals surface area contributed by atoms with Crippen molar-refractivity contribution in [3.63, 3.8) is 0 Å².